The van der Waals surface area contributed by atoms with Crippen molar-refractivity contribution >= 4 is 11.8 Å². The Labute approximate surface area is 161 Å². The third-order valence-electron chi connectivity index (χ3n) is 4.44. The predicted molar refractivity (Wildman–Crippen MR) is 106 cm³/mol. The van der Waals surface area contributed by atoms with Gasteiger partial charge in [-0.1, -0.05) is 42.5 Å². The summed E-state index contributed by atoms with van der Waals surface area (Å²) >= 11 is 0. The van der Waals surface area contributed by atoms with Gasteiger partial charge in [-0.25, -0.2) is 0 Å². The first kappa shape index (κ1) is 20.5. The number of aryl methyl sites for hydroxylation is 1. The van der Waals surface area contributed by atoms with E-state index in [1.807, 2.05) is 42.5 Å². The third kappa shape index (κ3) is 7.52. The molecule has 0 fully saturated rings. The van der Waals surface area contributed by atoms with Crippen molar-refractivity contribution in [1.82, 2.24) is 10.2 Å². The van der Waals surface area contributed by atoms with Gasteiger partial charge in [-0.2, -0.15) is 0 Å². The van der Waals surface area contributed by atoms with Crippen molar-refractivity contribution in [3.8, 4) is 5.75 Å². The maximum atomic E-state index is 12.1. The lowest BCUT2D eigenvalue weighted by atomic mass is 10.1. The highest BCUT2D eigenvalue weighted by atomic mass is 16.5. The zero-order valence-corrected chi connectivity index (χ0v) is 16.1. The molecule has 2 aromatic carbocycles. The highest BCUT2D eigenvalue weighted by molar-refractivity contribution is 5.78. The van der Waals surface area contributed by atoms with Gasteiger partial charge < -0.3 is 15.0 Å². The second kappa shape index (κ2) is 11.0. The number of nitrogens with one attached hydrogen (secondary N) is 1. The van der Waals surface area contributed by atoms with Crippen LogP contribution >= 0.6 is 0 Å². The number of rotatable bonds is 10. The second-order valence-corrected chi connectivity index (χ2v) is 6.47. The largest absolute Gasteiger partial charge is 0.497 e. The van der Waals surface area contributed by atoms with Crippen molar-refractivity contribution in [3.63, 3.8) is 0 Å². The molecular formula is C22H28N2O3. The summed E-state index contributed by atoms with van der Waals surface area (Å²) in [6.45, 7) is 3.13. The Kier molecular flexibility index (Phi) is 8.36. The van der Waals surface area contributed by atoms with E-state index in [4.69, 9.17) is 4.74 Å². The van der Waals surface area contributed by atoms with Gasteiger partial charge in [-0.3, -0.25) is 9.59 Å². The summed E-state index contributed by atoms with van der Waals surface area (Å²) in [5, 5.41) is 2.89. The lowest BCUT2D eigenvalue weighted by Gasteiger charge is -2.20. The number of hydrogen-bond donors (Lipinski definition) is 1. The van der Waals surface area contributed by atoms with E-state index in [1.54, 1.807) is 18.9 Å². The molecule has 0 unspecified atom stereocenters. The van der Waals surface area contributed by atoms with Crippen LogP contribution in [0.2, 0.25) is 0 Å². The maximum Gasteiger partial charge on any atom is 0.222 e. The van der Waals surface area contributed by atoms with Gasteiger partial charge in [0.2, 0.25) is 11.8 Å². The molecule has 0 spiro atoms. The first-order valence-corrected chi connectivity index (χ1v) is 9.27. The number of benzene rings is 2. The van der Waals surface area contributed by atoms with E-state index in [1.165, 1.54) is 5.56 Å². The van der Waals surface area contributed by atoms with E-state index in [2.05, 4.69) is 17.4 Å². The van der Waals surface area contributed by atoms with Crippen molar-refractivity contribution < 1.29 is 14.3 Å². The van der Waals surface area contributed by atoms with E-state index in [-0.39, 0.29) is 11.8 Å². The minimum atomic E-state index is -0.0554. The summed E-state index contributed by atoms with van der Waals surface area (Å²) < 4.78 is 5.12. The smallest absolute Gasteiger partial charge is 0.222 e. The second-order valence-electron chi connectivity index (χ2n) is 6.47. The SMILES string of the molecule is COc1ccc(CNC(=O)CCN(CCCc2ccccc2)C(C)=O)cc1. The standard InChI is InChI=1S/C22H28N2O3/c1-18(25)24(15-6-9-19-7-4-3-5-8-19)16-14-22(26)23-17-20-10-12-21(27-2)13-11-20/h3-5,7-8,10-13H,6,9,14-17H2,1-2H3,(H,23,26). The van der Waals surface area contributed by atoms with Gasteiger partial charge in [0.05, 0.1) is 7.11 Å². The van der Waals surface area contributed by atoms with Gasteiger partial charge >= 0.3 is 0 Å². The van der Waals surface area contributed by atoms with Crippen molar-refractivity contribution in [2.24, 2.45) is 0 Å². The predicted octanol–water partition coefficient (Wildman–Crippen LogP) is 3.18. The van der Waals surface area contributed by atoms with Crippen LogP contribution in [0.4, 0.5) is 0 Å². The number of amides is 2. The summed E-state index contributed by atoms with van der Waals surface area (Å²) in [5.74, 6) is 0.740. The van der Waals surface area contributed by atoms with E-state index in [0.29, 0.717) is 26.1 Å². The highest BCUT2D eigenvalue weighted by Gasteiger charge is 2.11. The maximum absolute atomic E-state index is 12.1. The Morgan fingerprint density at radius 3 is 2.30 bits per heavy atom. The fourth-order valence-corrected chi connectivity index (χ4v) is 2.81. The van der Waals surface area contributed by atoms with Gasteiger partial charge in [0.25, 0.3) is 0 Å². The average molecular weight is 368 g/mol. The van der Waals surface area contributed by atoms with Crippen LogP contribution in [0, 0.1) is 0 Å². The Hall–Kier alpha value is -2.82. The molecule has 2 aromatic rings. The minimum absolute atomic E-state index is 0.00557. The molecule has 0 bridgehead atoms. The van der Waals surface area contributed by atoms with Crippen molar-refractivity contribution in [3.05, 3.63) is 65.7 Å². The molecule has 0 heterocycles. The molecule has 1 N–H and O–H groups in total. The van der Waals surface area contributed by atoms with Crippen LogP contribution in [-0.4, -0.2) is 36.9 Å². The normalized spacial score (nSPS) is 10.3. The van der Waals surface area contributed by atoms with Crippen LogP contribution in [-0.2, 0) is 22.6 Å². The molecule has 5 nitrogen and oxygen atoms in total. The molecule has 144 valence electrons. The van der Waals surface area contributed by atoms with Gasteiger partial charge in [0.1, 0.15) is 5.75 Å². The first-order chi connectivity index (χ1) is 13.1. The molecule has 0 saturated carbocycles. The fourth-order valence-electron chi connectivity index (χ4n) is 2.81. The number of carbonyl (C=O) groups excluding carboxylic acids is 2. The van der Waals surface area contributed by atoms with E-state index in [9.17, 15) is 9.59 Å². The molecule has 0 aliphatic carbocycles. The number of ether oxygens (including phenoxy) is 1. The molecule has 2 amide bonds. The van der Waals surface area contributed by atoms with Crippen LogP contribution in [0.1, 0.15) is 30.9 Å². The number of nitrogens with zero attached hydrogens (tertiary/aromatic N) is 1. The molecule has 0 radical (unpaired) electrons. The Morgan fingerprint density at radius 2 is 1.67 bits per heavy atom. The lowest BCUT2D eigenvalue weighted by molar-refractivity contribution is -0.129. The Bertz CT molecular complexity index is 714. The fraction of sp³-hybridized carbons (Fsp3) is 0.364. The molecule has 27 heavy (non-hydrogen) atoms. The van der Waals surface area contributed by atoms with Crippen LogP contribution < -0.4 is 10.1 Å². The minimum Gasteiger partial charge on any atom is -0.497 e. The number of methoxy groups -OCH3 is 1. The lowest BCUT2D eigenvalue weighted by Crippen LogP contribution is -2.34. The molecular weight excluding hydrogens is 340 g/mol. The average Bonchev–Trinajstić information content (AvgIpc) is 2.69. The summed E-state index contributed by atoms with van der Waals surface area (Å²) in [6.07, 6.45) is 2.12. The zero-order chi connectivity index (χ0) is 19.5. The van der Waals surface area contributed by atoms with Crippen molar-refractivity contribution in [2.45, 2.75) is 32.7 Å². The Balaban J connectivity index is 1.70. The molecule has 0 aliphatic rings. The van der Waals surface area contributed by atoms with Crippen LogP contribution in [0.3, 0.4) is 0 Å². The summed E-state index contributed by atoms with van der Waals surface area (Å²) in [4.78, 5) is 25.7. The molecule has 0 atom stereocenters. The van der Waals surface area contributed by atoms with E-state index < -0.39 is 0 Å². The highest BCUT2D eigenvalue weighted by Crippen LogP contribution is 2.11. The molecule has 5 heteroatoms. The van der Waals surface area contributed by atoms with Crippen molar-refractivity contribution in [1.29, 1.82) is 0 Å². The van der Waals surface area contributed by atoms with E-state index >= 15 is 0 Å². The van der Waals surface area contributed by atoms with E-state index in [0.717, 1.165) is 24.2 Å². The number of hydrogen-bond acceptors (Lipinski definition) is 3. The van der Waals surface area contributed by atoms with Gasteiger partial charge in [-0.15, -0.1) is 0 Å². The van der Waals surface area contributed by atoms with Crippen LogP contribution in [0.15, 0.2) is 54.6 Å². The topological polar surface area (TPSA) is 58.6 Å². The van der Waals surface area contributed by atoms with Gasteiger partial charge in [0.15, 0.2) is 0 Å². The number of carbonyl (C=O) groups is 2. The molecule has 0 aliphatic heterocycles. The Morgan fingerprint density at radius 1 is 0.963 bits per heavy atom. The summed E-state index contributed by atoms with van der Waals surface area (Å²) in [6, 6.07) is 17.8. The summed E-state index contributed by atoms with van der Waals surface area (Å²) in [7, 11) is 1.62. The monoisotopic (exact) mass is 368 g/mol. The first-order valence-electron chi connectivity index (χ1n) is 9.27. The molecule has 2 rings (SSSR count). The van der Waals surface area contributed by atoms with Crippen LogP contribution in [0.25, 0.3) is 0 Å². The summed E-state index contributed by atoms with van der Waals surface area (Å²) in [5.41, 5.74) is 2.27. The van der Waals surface area contributed by atoms with Crippen molar-refractivity contribution in [2.75, 3.05) is 20.2 Å². The molecule has 0 saturated heterocycles. The van der Waals surface area contributed by atoms with Gasteiger partial charge in [-0.05, 0) is 36.1 Å². The third-order valence-corrected chi connectivity index (χ3v) is 4.44. The molecule has 0 aromatic heterocycles. The van der Waals surface area contributed by atoms with Crippen LogP contribution in [0.5, 0.6) is 5.75 Å². The zero-order valence-electron chi connectivity index (χ0n) is 16.1. The quantitative estimate of drug-likeness (QED) is 0.701. The van der Waals surface area contributed by atoms with Gasteiger partial charge in [0, 0.05) is 33.0 Å².